The van der Waals surface area contributed by atoms with Gasteiger partial charge in [0.25, 0.3) is 11.5 Å². The standard InChI is InChI=1S/C30H29Cl2N5O5/c1-16-18(5-4-8-22(16)34-28(39)21-13-26(31)36-37-29(21)40)19-6-3-7-20(27(19)32)23-10-9-17(30(35-23)41-2)14-33-24-11-12-42-15-25(24)38/h3-10,13,24-25,33,38H,11-12,14-15H2,1-2H3,(H,34,39)(H,37,40). The van der Waals surface area contributed by atoms with Crippen LogP contribution in [-0.4, -0.2) is 58.7 Å². The first-order valence-corrected chi connectivity index (χ1v) is 14.0. The second-order valence-electron chi connectivity index (χ2n) is 9.82. The summed E-state index contributed by atoms with van der Waals surface area (Å²) in [7, 11) is 1.56. The Hall–Kier alpha value is -3.80. The van der Waals surface area contributed by atoms with Crippen molar-refractivity contribution in [2.45, 2.75) is 32.0 Å². The van der Waals surface area contributed by atoms with Gasteiger partial charge in [-0.15, -0.1) is 0 Å². The molecule has 10 nitrogen and oxygen atoms in total. The van der Waals surface area contributed by atoms with Crippen molar-refractivity contribution in [3.05, 3.63) is 91.8 Å². The first kappa shape index (κ1) is 29.7. The molecule has 42 heavy (non-hydrogen) atoms. The fourth-order valence-corrected chi connectivity index (χ4v) is 5.35. The quantitative estimate of drug-likeness (QED) is 0.227. The van der Waals surface area contributed by atoms with Gasteiger partial charge in [-0.1, -0.05) is 59.6 Å². The van der Waals surface area contributed by atoms with E-state index in [0.29, 0.717) is 47.6 Å². The molecule has 1 saturated heterocycles. The Balaban J connectivity index is 1.41. The number of amides is 1. The van der Waals surface area contributed by atoms with Crippen LogP contribution in [0.5, 0.6) is 5.88 Å². The molecule has 2 atom stereocenters. The molecule has 1 amide bonds. The molecule has 1 aliphatic heterocycles. The van der Waals surface area contributed by atoms with Gasteiger partial charge in [-0.05, 0) is 42.7 Å². The minimum absolute atomic E-state index is 0.00137. The summed E-state index contributed by atoms with van der Waals surface area (Å²) in [6.07, 6.45) is 0.156. The van der Waals surface area contributed by atoms with Crippen molar-refractivity contribution in [3.63, 3.8) is 0 Å². The van der Waals surface area contributed by atoms with Crippen LogP contribution in [0.4, 0.5) is 5.69 Å². The number of aromatic amines is 1. The monoisotopic (exact) mass is 609 g/mol. The highest BCUT2D eigenvalue weighted by Gasteiger charge is 2.24. The van der Waals surface area contributed by atoms with E-state index in [1.807, 2.05) is 43.3 Å². The van der Waals surface area contributed by atoms with Crippen molar-refractivity contribution in [1.82, 2.24) is 20.5 Å². The number of benzene rings is 2. The highest BCUT2D eigenvalue weighted by atomic mass is 35.5. The van der Waals surface area contributed by atoms with Gasteiger partial charge in [-0.2, -0.15) is 5.10 Å². The number of hydrogen-bond donors (Lipinski definition) is 4. The van der Waals surface area contributed by atoms with Gasteiger partial charge in [0.2, 0.25) is 5.88 Å². The zero-order valence-electron chi connectivity index (χ0n) is 22.9. The Morgan fingerprint density at radius 1 is 1.14 bits per heavy atom. The molecule has 12 heteroatoms. The van der Waals surface area contributed by atoms with Gasteiger partial charge in [-0.25, -0.2) is 10.1 Å². The minimum Gasteiger partial charge on any atom is -0.481 e. The summed E-state index contributed by atoms with van der Waals surface area (Å²) in [5.41, 5.74) is 4.19. The molecule has 5 rings (SSSR count). The second kappa shape index (κ2) is 13.0. The van der Waals surface area contributed by atoms with Gasteiger partial charge in [-0.3, -0.25) is 9.59 Å². The van der Waals surface area contributed by atoms with Crippen molar-refractivity contribution in [2.75, 3.05) is 25.6 Å². The number of aliphatic hydroxyl groups excluding tert-OH is 1. The average Bonchev–Trinajstić information content (AvgIpc) is 2.99. The zero-order valence-corrected chi connectivity index (χ0v) is 24.4. The van der Waals surface area contributed by atoms with E-state index in [9.17, 15) is 14.7 Å². The lowest BCUT2D eigenvalue weighted by Gasteiger charge is -2.28. The van der Waals surface area contributed by atoms with E-state index in [1.165, 1.54) is 6.07 Å². The molecular weight excluding hydrogens is 581 g/mol. The molecule has 2 aromatic carbocycles. The predicted octanol–water partition coefficient (Wildman–Crippen LogP) is 4.61. The number of aromatic nitrogens is 3. The van der Waals surface area contributed by atoms with Gasteiger partial charge in [0.05, 0.1) is 30.5 Å². The van der Waals surface area contributed by atoms with Crippen LogP contribution in [-0.2, 0) is 11.3 Å². The van der Waals surface area contributed by atoms with Crippen LogP contribution in [0.1, 0.15) is 27.9 Å². The highest BCUT2D eigenvalue weighted by Crippen LogP contribution is 2.39. The maximum absolute atomic E-state index is 12.8. The van der Waals surface area contributed by atoms with Crippen LogP contribution < -0.4 is 20.9 Å². The predicted molar refractivity (Wildman–Crippen MR) is 161 cm³/mol. The zero-order chi connectivity index (χ0) is 29.8. The van der Waals surface area contributed by atoms with Crippen LogP contribution >= 0.6 is 23.2 Å². The normalized spacial score (nSPS) is 16.7. The minimum atomic E-state index is -0.646. The Morgan fingerprint density at radius 3 is 2.69 bits per heavy atom. The number of carbonyl (C=O) groups is 1. The number of nitrogens with one attached hydrogen (secondary N) is 3. The first-order chi connectivity index (χ1) is 20.3. The third-order valence-corrected chi connectivity index (χ3v) is 7.78. The number of halogens is 2. The molecular formula is C30H29Cl2N5O5. The van der Waals surface area contributed by atoms with E-state index in [4.69, 9.17) is 37.7 Å². The molecule has 4 N–H and O–H groups in total. The van der Waals surface area contributed by atoms with Gasteiger partial charge < -0.3 is 25.2 Å². The number of H-pyrrole nitrogens is 1. The van der Waals surface area contributed by atoms with Crippen molar-refractivity contribution in [1.29, 1.82) is 0 Å². The Morgan fingerprint density at radius 2 is 1.90 bits per heavy atom. The highest BCUT2D eigenvalue weighted by molar-refractivity contribution is 6.36. The van der Waals surface area contributed by atoms with Gasteiger partial charge in [0, 0.05) is 41.6 Å². The molecule has 1 fully saturated rings. The van der Waals surface area contributed by atoms with Crippen molar-refractivity contribution < 1.29 is 19.4 Å². The fraction of sp³-hybridized carbons (Fsp3) is 0.267. The molecule has 3 heterocycles. The summed E-state index contributed by atoms with van der Waals surface area (Å²) in [4.78, 5) is 29.7. The van der Waals surface area contributed by atoms with E-state index >= 15 is 0 Å². The Bertz CT molecular complexity index is 1680. The summed E-state index contributed by atoms with van der Waals surface area (Å²) in [6, 6.07) is 16.0. The number of pyridine rings is 1. The lowest BCUT2D eigenvalue weighted by molar-refractivity contribution is -0.0281. The SMILES string of the molecule is COc1nc(-c2cccc(-c3cccc(NC(=O)c4cc(Cl)n[nH]c4=O)c3C)c2Cl)ccc1CNC1CCOCC1O. The topological polar surface area (TPSA) is 138 Å². The smallest absolute Gasteiger partial charge is 0.277 e. The van der Waals surface area contributed by atoms with E-state index in [-0.39, 0.29) is 16.8 Å². The summed E-state index contributed by atoms with van der Waals surface area (Å²) >= 11 is 12.8. The average molecular weight is 610 g/mol. The molecule has 0 bridgehead atoms. The summed E-state index contributed by atoms with van der Waals surface area (Å²) < 4.78 is 10.9. The molecule has 0 aliphatic carbocycles. The summed E-state index contributed by atoms with van der Waals surface area (Å²) in [6.45, 7) is 3.25. The Kier molecular flexibility index (Phi) is 9.20. The van der Waals surface area contributed by atoms with E-state index < -0.39 is 17.6 Å². The van der Waals surface area contributed by atoms with Crippen LogP contribution in [0.2, 0.25) is 10.2 Å². The van der Waals surface area contributed by atoms with Crippen LogP contribution in [0.3, 0.4) is 0 Å². The first-order valence-electron chi connectivity index (χ1n) is 13.3. The largest absolute Gasteiger partial charge is 0.481 e. The Labute approximate surface area is 252 Å². The maximum atomic E-state index is 12.8. The summed E-state index contributed by atoms with van der Waals surface area (Å²) in [5, 5.41) is 22.6. The second-order valence-corrected chi connectivity index (χ2v) is 10.6. The number of rotatable bonds is 8. The number of anilines is 1. The fourth-order valence-electron chi connectivity index (χ4n) is 4.87. The molecule has 0 spiro atoms. The number of ether oxygens (including phenoxy) is 2. The van der Waals surface area contributed by atoms with Crippen LogP contribution in [0, 0.1) is 6.92 Å². The number of methoxy groups -OCH3 is 1. The number of hydrogen-bond acceptors (Lipinski definition) is 8. The molecule has 2 aromatic heterocycles. The van der Waals surface area contributed by atoms with Gasteiger partial charge in [0.15, 0.2) is 0 Å². The molecule has 0 radical (unpaired) electrons. The molecule has 4 aromatic rings. The maximum Gasteiger partial charge on any atom is 0.277 e. The van der Waals surface area contributed by atoms with E-state index in [2.05, 4.69) is 20.8 Å². The van der Waals surface area contributed by atoms with E-state index in [1.54, 1.807) is 19.2 Å². The van der Waals surface area contributed by atoms with Crippen LogP contribution in [0.15, 0.2) is 59.4 Å². The van der Waals surface area contributed by atoms with Crippen molar-refractivity contribution in [2.24, 2.45) is 0 Å². The lowest BCUT2D eigenvalue weighted by atomic mass is 9.96. The van der Waals surface area contributed by atoms with Gasteiger partial charge >= 0.3 is 0 Å². The van der Waals surface area contributed by atoms with Crippen molar-refractivity contribution >= 4 is 34.8 Å². The third-order valence-electron chi connectivity index (χ3n) is 7.18. The molecule has 0 saturated carbocycles. The molecule has 218 valence electrons. The van der Waals surface area contributed by atoms with Crippen LogP contribution in [0.25, 0.3) is 22.4 Å². The van der Waals surface area contributed by atoms with Crippen molar-refractivity contribution in [3.8, 4) is 28.3 Å². The third kappa shape index (κ3) is 6.33. The molecule has 1 aliphatic rings. The molecule has 2 unspecified atom stereocenters. The number of carbonyl (C=O) groups excluding carboxylic acids is 1. The number of aliphatic hydroxyl groups is 1. The van der Waals surface area contributed by atoms with Gasteiger partial charge in [0.1, 0.15) is 10.7 Å². The lowest BCUT2D eigenvalue weighted by Crippen LogP contribution is -2.46. The number of nitrogens with zero attached hydrogens (tertiary/aromatic N) is 2. The van der Waals surface area contributed by atoms with E-state index in [0.717, 1.165) is 28.7 Å². The summed E-state index contributed by atoms with van der Waals surface area (Å²) in [5.74, 6) is -0.159.